The highest BCUT2D eigenvalue weighted by molar-refractivity contribution is 5.06. The molecule has 5 atom stereocenters. The first kappa shape index (κ1) is 9.51. The Hall–Kier alpha value is -0.0400. The fourth-order valence-electron chi connectivity index (χ4n) is 3.88. The van der Waals surface area contributed by atoms with Crippen LogP contribution in [-0.4, -0.2) is 6.04 Å². The van der Waals surface area contributed by atoms with Gasteiger partial charge in [0.15, 0.2) is 0 Å². The average molecular weight is 181 g/mol. The van der Waals surface area contributed by atoms with Gasteiger partial charge in [-0.3, -0.25) is 0 Å². The van der Waals surface area contributed by atoms with Crippen molar-refractivity contribution >= 4 is 0 Å². The van der Waals surface area contributed by atoms with Crippen LogP contribution in [0.25, 0.3) is 0 Å². The Morgan fingerprint density at radius 2 is 1.92 bits per heavy atom. The van der Waals surface area contributed by atoms with Crippen molar-refractivity contribution in [1.29, 1.82) is 0 Å². The molecule has 76 valence electrons. The lowest BCUT2D eigenvalue weighted by atomic mass is 9.43. The Morgan fingerprint density at radius 3 is 2.31 bits per heavy atom. The van der Waals surface area contributed by atoms with E-state index in [9.17, 15) is 0 Å². The predicted octanol–water partition coefficient (Wildman–Crippen LogP) is 2.65. The summed E-state index contributed by atoms with van der Waals surface area (Å²) >= 11 is 0. The van der Waals surface area contributed by atoms with Crippen LogP contribution in [0.5, 0.6) is 0 Å². The molecule has 0 aromatic rings. The van der Waals surface area contributed by atoms with Crippen LogP contribution in [0.3, 0.4) is 0 Å². The van der Waals surface area contributed by atoms with E-state index in [0.717, 1.165) is 23.7 Å². The third kappa shape index (κ3) is 1.16. The van der Waals surface area contributed by atoms with Crippen LogP contribution in [0.1, 0.15) is 40.5 Å². The van der Waals surface area contributed by atoms with Crippen molar-refractivity contribution in [3.8, 4) is 0 Å². The van der Waals surface area contributed by atoms with Gasteiger partial charge in [0.25, 0.3) is 0 Å². The van der Waals surface area contributed by atoms with E-state index in [1.165, 1.54) is 12.8 Å². The first-order chi connectivity index (χ1) is 5.94. The molecule has 2 bridgehead atoms. The summed E-state index contributed by atoms with van der Waals surface area (Å²) < 4.78 is 0. The topological polar surface area (TPSA) is 26.0 Å². The van der Waals surface area contributed by atoms with E-state index in [4.69, 9.17) is 5.73 Å². The number of fused-ring (bicyclic) bond motifs is 2. The highest BCUT2D eigenvalue weighted by Gasteiger charge is 2.56. The molecule has 3 aliphatic carbocycles. The fraction of sp³-hybridized carbons (Fsp3) is 1.00. The van der Waals surface area contributed by atoms with Crippen molar-refractivity contribution in [3.05, 3.63) is 0 Å². The first-order valence-electron chi connectivity index (χ1n) is 5.70. The van der Waals surface area contributed by atoms with Gasteiger partial charge in [-0.15, -0.1) is 0 Å². The van der Waals surface area contributed by atoms with Crippen molar-refractivity contribution < 1.29 is 0 Å². The molecule has 0 amide bonds. The molecule has 13 heavy (non-hydrogen) atoms. The van der Waals surface area contributed by atoms with Gasteiger partial charge in [0, 0.05) is 6.04 Å². The van der Waals surface area contributed by atoms with Gasteiger partial charge in [-0.25, -0.2) is 0 Å². The van der Waals surface area contributed by atoms with Gasteiger partial charge in [-0.1, -0.05) is 20.8 Å². The Labute approximate surface area is 82.1 Å². The van der Waals surface area contributed by atoms with E-state index < -0.39 is 0 Å². The molecular formula is C12H23N. The van der Waals surface area contributed by atoms with Gasteiger partial charge in [-0.05, 0) is 48.9 Å². The van der Waals surface area contributed by atoms with Crippen molar-refractivity contribution in [2.45, 2.75) is 46.6 Å². The van der Waals surface area contributed by atoms with Crippen LogP contribution in [0, 0.1) is 29.1 Å². The summed E-state index contributed by atoms with van der Waals surface area (Å²) in [6, 6.07) is 0.399. The van der Waals surface area contributed by atoms with Crippen molar-refractivity contribution in [1.82, 2.24) is 0 Å². The smallest absolute Gasteiger partial charge is 0.00415 e. The summed E-state index contributed by atoms with van der Waals surface area (Å²) in [5.74, 6) is 3.55. The zero-order chi connectivity index (χ0) is 9.80. The molecule has 0 unspecified atom stereocenters. The molecule has 0 spiro atoms. The third-order valence-corrected chi connectivity index (χ3v) is 5.09. The van der Waals surface area contributed by atoms with Crippen LogP contribution in [-0.2, 0) is 0 Å². The third-order valence-electron chi connectivity index (χ3n) is 5.09. The lowest BCUT2D eigenvalue weighted by Crippen LogP contribution is -2.57. The van der Waals surface area contributed by atoms with Crippen molar-refractivity contribution in [3.63, 3.8) is 0 Å². The van der Waals surface area contributed by atoms with Crippen LogP contribution >= 0.6 is 0 Å². The molecule has 3 rings (SSSR count). The van der Waals surface area contributed by atoms with Gasteiger partial charge in [-0.2, -0.15) is 0 Å². The van der Waals surface area contributed by atoms with Gasteiger partial charge in [0.05, 0.1) is 0 Å². The molecule has 0 aromatic carbocycles. The second kappa shape index (κ2) is 2.73. The molecule has 3 saturated carbocycles. The zero-order valence-electron chi connectivity index (χ0n) is 9.38. The first-order valence-corrected chi connectivity index (χ1v) is 5.70. The highest BCUT2D eigenvalue weighted by atomic mass is 14.7. The summed E-state index contributed by atoms with van der Waals surface area (Å²) in [5, 5.41) is 0. The van der Waals surface area contributed by atoms with E-state index in [0.29, 0.717) is 11.5 Å². The highest BCUT2D eigenvalue weighted by Crippen LogP contribution is 2.63. The Kier molecular flexibility index (Phi) is 1.99. The Balaban J connectivity index is 2.12. The molecule has 0 heterocycles. The monoisotopic (exact) mass is 181 g/mol. The summed E-state index contributed by atoms with van der Waals surface area (Å²) in [6.07, 6.45) is 2.85. The maximum Gasteiger partial charge on any atom is 0.00415 e. The molecule has 3 aliphatic rings. The molecule has 0 aliphatic heterocycles. The van der Waals surface area contributed by atoms with Crippen LogP contribution in [0.2, 0.25) is 0 Å². The molecule has 0 aromatic heterocycles. The maximum absolute atomic E-state index is 6.03. The molecule has 0 saturated heterocycles. The van der Waals surface area contributed by atoms with Crippen molar-refractivity contribution in [2.24, 2.45) is 34.8 Å². The predicted molar refractivity (Wildman–Crippen MR) is 56.3 cm³/mol. The largest absolute Gasteiger partial charge is 0.328 e. The minimum absolute atomic E-state index is 0.399. The quantitative estimate of drug-likeness (QED) is 0.661. The van der Waals surface area contributed by atoms with Crippen LogP contribution < -0.4 is 5.73 Å². The average Bonchev–Trinajstić information content (AvgIpc) is 2.02. The normalized spacial score (nSPS) is 49.6. The molecule has 0 radical (unpaired) electrons. The number of hydrogen-bond acceptors (Lipinski definition) is 1. The second-order valence-electron chi connectivity index (χ2n) is 5.98. The molecule has 1 heteroatoms. The van der Waals surface area contributed by atoms with Gasteiger partial charge >= 0.3 is 0 Å². The number of rotatable bonds is 1. The molecule has 2 N–H and O–H groups in total. The molecule has 1 nitrogen and oxygen atoms in total. The number of hydrogen-bond donors (Lipinski definition) is 1. The minimum Gasteiger partial charge on any atom is -0.328 e. The lowest BCUT2D eigenvalue weighted by Gasteiger charge is -2.62. The van der Waals surface area contributed by atoms with Crippen molar-refractivity contribution in [2.75, 3.05) is 0 Å². The van der Waals surface area contributed by atoms with E-state index in [-0.39, 0.29) is 0 Å². The van der Waals surface area contributed by atoms with E-state index in [1.807, 2.05) is 0 Å². The van der Waals surface area contributed by atoms with E-state index in [1.54, 1.807) is 0 Å². The summed E-state index contributed by atoms with van der Waals surface area (Å²) in [7, 11) is 0. The van der Waals surface area contributed by atoms with E-state index in [2.05, 4.69) is 27.7 Å². The fourth-order valence-corrected chi connectivity index (χ4v) is 3.88. The Bertz CT molecular complexity index is 205. The SMILES string of the molecule is C[C@H]1[C@H]([C@H](C)N)C[C@@H]2C[C@H]1C2(C)C. The summed E-state index contributed by atoms with van der Waals surface area (Å²) in [6.45, 7) is 9.48. The van der Waals surface area contributed by atoms with Crippen LogP contribution in [0.15, 0.2) is 0 Å². The molecule has 3 fully saturated rings. The summed E-state index contributed by atoms with van der Waals surface area (Å²) in [4.78, 5) is 0. The molecular weight excluding hydrogens is 158 g/mol. The Morgan fingerprint density at radius 1 is 1.31 bits per heavy atom. The van der Waals surface area contributed by atoms with E-state index >= 15 is 0 Å². The van der Waals surface area contributed by atoms with Gasteiger partial charge in [0.1, 0.15) is 0 Å². The standard InChI is InChI=1S/C12H23N/c1-7-10(8(2)13)5-9-6-11(7)12(9,3)4/h7-11H,5-6,13H2,1-4H3/t7-,8-,9+,10+,11+/m0/s1. The lowest BCUT2D eigenvalue weighted by molar-refractivity contribution is -0.132. The second-order valence-corrected chi connectivity index (χ2v) is 5.98. The maximum atomic E-state index is 6.03. The van der Waals surface area contributed by atoms with Gasteiger partial charge < -0.3 is 5.73 Å². The minimum atomic E-state index is 0.399. The summed E-state index contributed by atoms with van der Waals surface area (Å²) in [5.41, 5.74) is 6.64. The number of nitrogens with two attached hydrogens (primary N) is 1. The van der Waals surface area contributed by atoms with Gasteiger partial charge in [0.2, 0.25) is 0 Å². The zero-order valence-corrected chi connectivity index (χ0v) is 9.38. The van der Waals surface area contributed by atoms with Crippen LogP contribution in [0.4, 0.5) is 0 Å².